The van der Waals surface area contributed by atoms with Crippen molar-refractivity contribution in [3.05, 3.63) is 69.4 Å². The molecule has 3 heterocycles. The largest absolute Gasteiger partial charge is 0.349 e. The maximum atomic E-state index is 13.3. The van der Waals surface area contributed by atoms with Crippen LogP contribution in [-0.4, -0.2) is 40.2 Å². The number of carbonyl (C=O) groups is 1. The topological polar surface area (TPSA) is 50.2 Å². The van der Waals surface area contributed by atoms with Crippen LogP contribution in [0.25, 0.3) is 5.69 Å². The van der Waals surface area contributed by atoms with Crippen molar-refractivity contribution in [3.63, 3.8) is 0 Å². The highest BCUT2D eigenvalue weighted by Crippen LogP contribution is 2.30. The van der Waals surface area contributed by atoms with Crippen LogP contribution in [0.15, 0.2) is 41.8 Å². The highest BCUT2D eigenvalue weighted by molar-refractivity contribution is 7.10. The van der Waals surface area contributed by atoms with Crippen molar-refractivity contribution in [2.45, 2.75) is 38.1 Å². The fraction of sp³-hybridized carbons (Fsp3) is 0.391. The second-order valence-electron chi connectivity index (χ2n) is 8.00. The first-order valence-electron chi connectivity index (χ1n) is 10.6. The Kier molecular flexibility index (Phi) is 5.39. The molecule has 5 nitrogen and oxygen atoms in total. The zero-order valence-electron chi connectivity index (χ0n) is 16.8. The number of benzene rings is 1. The first kappa shape index (κ1) is 19.5. The average Bonchev–Trinajstić information content (AvgIpc) is 3.53. The summed E-state index contributed by atoms with van der Waals surface area (Å²) in [5.41, 5.74) is 3.41. The van der Waals surface area contributed by atoms with Crippen molar-refractivity contribution in [1.82, 2.24) is 20.0 Å². The summed E-state index contributed by atoms with van der Waals surface area (Å²) in [6, 6.07) is 10.7. The van der Waals surface area contributed by atoms with Crippen LogP contribution >= 0.6 is 11.3 Å². The number of aromatic nitrogens is 2. The molecule has 0 spiro atoms. The molecule has 7 heteroatoms. The second-order valence-corrected chi connectivity index (χ2v) is 8.98. The minimum atomic E-state index is -0.276. The minimum absolute atomic E-state index is 0.116. The molecule has 0 bridgehead atoms. The van der Waals surface area contributed by atoms with Crippen molar-refractivity contribution in [2.24, 2.45) is 0 Å². The molecular formula is C23H25FN4OS. The monoisotopic (exact) mass is 424 g/mol. The van der Waals surface area contributed by atoms with Gasteiger partial charge >= 0.3 is 0 Å². The summed E-state index contributed by atoms with van der Waals surface area (Å²) >= 11 is 1.74. The SMILES string of the molecule is O=C(NCC(c1cccs1)N1CCCC1)c1nn(-c2ccc(F)cc2)c2c1CCC2. The van der Waals surface area contributed by atoms with E-state index in [-0.39, 0.29) is 17.8 Å². The molecule has 156 valence electrons. The normalized spacial score (nSPS) is 17.2. The zero-order chi connectivity index (χ0) is 20.5. The third-order valence-corrected chi connectivity index (χ3v) is 7.10. The van der Waals surface area contributed by atoms with E-state index in [9.17, 15) is 9.18 Å². The molecule has 5 rings (SSSR count). The molecule has 1 aliphatic heterocycles. The number of hydrogen-bond acceptors (Lipinski definition) is 4. The Labute approximate surface area is 179 Å². The third kappa shape index (κ3) is 3.68. The number of fused-ring (bicyclic) bond motifs is 1. The molecule has 1 atom stereocenters. The third-order valence-electron chi connectivity index (χ3n) is 6.13. The number of nitrogens with one attached hydrogen (secondary N) is 1. The number of carbonyl (C=O) groups excluding carboxylic acids is 1. The van der Waals surface area contributed by atoms with Crippen LogP contribution in [0.1, 0.15) is 51.9 Å². The highest BCUT2D eigenvalue weighted by Gasteiger charge is 2.29. The Bertz CT molecular complexity index is 1020. The van der Waals surface area contributed by atoms with E-state index < -0.39 is 0 Å². The number of likely N-dealkylation sites (tertiary alicyclic amines) is 1. The predicted octanol–water partition coefficient (Wildman–Crippen LogP) is 4.13. The van der Waals surface area contributed by atoms with Crippen molar-refractivity contribution in [2.75, 3.05) is 19.6 Å². The van der Waals surface area contributed by atoms with E-state index in [4.69, 9.17) is 0 Å². The van der Waals surface area contributed by atoms with Gasteiger partial charge in [0.25, 0.3) is 5.91 Å². The fourth-order valence-electron chi connectivity index (χ4n) is 4.63. The van der Waals surface area contributed by atoms with Gasteiger partial charge in [-0.25, -0.2) is 9.07 Å². The van der Waals surface area contributed by atoms with Crippen molar-refractivity contribution in [3.8, 4) is 5.69 Å². The van der Waals surface area contributed by atoms with Crippen molar-refractivity contribution < 1.29 is 9.18 Å². The molecule has 1 aromatic carbocycles. The lowest BCUT2D eigenvalue weighted by Gasteiger charge is -2.26. The summed E-state index contributed by atoms with van der Waals surface area (Å²) in [5, 5.41) is 9.89. The molecule has 0 radical (unpaired) electrons. The summed E-state index contributed by atoms with van der Waals surface area (Å²) in [5.74, 6) is -0.392. The molecule has 30 heavy (non-hydrogen) atoms. The quantitative estimate of drug-likeness (QED) is 0.647. The number of nitrogens with zero attached hydrogens (tertiary/aromatic N) is 3. The number of amides is 1. The van der Waals surface area contributed by atoms with Gasteiger partial charge in [-0.1, -0.05) is 6.07 Å². The second kappa shape index (κ2) is 8.32. The molecule has 1 saturated heterocycles. The number of thiophene rings is 1. The van der Waals surface area contributed by atoms with Crippen LogP contribution in [0.2, 0.25) is 0 Å². The Morgan fingerprint density at radius 2 is 1.93 bits per heavy atom. The molecule has 0 saturated carbocycles. The summed E-state index contributed by atoms with van der Waals surface area (Å²) in [7, 11) is 0. The highest BCUT2D eigenvalue weighted by atomic mass is 32.1. The molecule has 3 aromatic rings. The summed E-state index contributed by atoms with van der Waals surface area (Å²) in [6.45, 7) is 2.73. The van der Waals surface area contributed by atoms with Crippen LogP contribution in [-0.2, 0) is 12.8 Å². The molecule has 1 aliphatic carbocycles. The van der Waals surface area contributed by atoms with Crippen LogP contribution in [0, 0.1) is 5.82 Å². The zero-order valence-corrected chi connectivity index (χ0v) is 17.6. The standard InChI is InChI=1S/C23H25FN4OS/c24-16-8-10-17(11-9-16)28-19-6-3-5-18(19)22(26-28)23(29)25-15-20(21-7-4-14-30-21)27-12-1-2-13-27/h4,7-11,14,20H,1-3,5-6,12-13,15H2,(H,25,29). The first-order valence-corrected chi connectivity index (χ1v) is 11.5. The van der Waals surface area contributed by atoms with Crippen LogP contribution < -0.4 is 5.32 Å². The number of hydrogen-bond donors (Lipinski definition) is 1. The Hall–Kier alpha value is -2.51. The van der Waals surface area contributed by atoms with E-state index in [1.165, 1.54) is 29.9 Å². The Morgan fingerprint density at radius 3 is 2.67 bits per heavy atom. The van der Waals surface area contributed by atoms with Gasteiger partial charge in [0, 0.05) is 22.7 Å². The van der Waals surface area contributed by atoms with E-state index in [1.807, 2.05) is 4.68 Å². The van der Waals surface area contributed by atoms with Gasteiger partial charge < -0.3 is 5.32 Å². The molecule has 2 aliphatic rings. The summed E-state index contributed by atoms with van der Waals surface area (Å²) in [4.78, 5) is 16.9. The van der Waals surface area contributed by atoms with E-state index in [2.05, 4.69) is 32.8 Å². The maximum absolute atomic E-state index is 13.3. The van der Waals surface area contributed by atoms with Gasteiger partial charge in [-0.3, -0.25) is 9.69 Å². The van der Waals surface area contributed by atoms with E-state index in [0.29, 0.717) is 12.2 Å². The van der Waals surface area contributed by atoms with Crippen molar-refractivity contribution in [1.29, 1.82) is 0 Å². The summed E-state index contributed by atoms with van der Waals surface area (Å²) in [6.07, 6.45) is 5.19. The van der Waals surface area contributed by atoms with Gasteiger partial charge in [-0.05, 0) is 80.9 Å². The smallest absolute Gasteiger partial charge is 0.272 e. The number of halogens is 1. The fourth-order valence-corrected chi connectivity index (χ4v) is 5.49. The van der Waals surface area contributed by atoms with Gasteiger partial charge in [0.15, 0.2) is 5.69 Å². The lowest BCUT2D eigenvalue weighted by Crippen LogP contribution is -2.36. The van der Waals surface area contributed by atoms with Gasteiger partial charge in [-0.15, -0.1) is 11.3 Å². The molecule has 1 N–H and O–H groups in total. The minimum Gasteiger partial charge on any atom is -0.349 e. The van der Waals surface area contributed by atoms with E-state index >= 15 is 0 Å². The van der Waals surface area contributed by atoms with Crippen LogP contribution in [0.3, 0.4) is 0 Å². The van der Waals surface area contributed by atoms with Crippen LogP contribution in [0.4, 0.5) is 4.39 Å². The maximum Gasteiger partial charge on any atom is 0.272 e. The summed E-state index contributed by atoms with van der Waals surface area (Å²) < 4.78 is 15.1. The Morgan fingerprint density at radius 1 is 1.13 bits per heavy atom. The molecule has 2 aromatic heterocycles. The Balaban J connectivity index is 1.37. The van der Waals surface area contributed by atoms with Gasteiger partial charge in [0.2, 0.25) is 0 Å². The van der Waals surface area contributed by atoms with Crippen LogP contribution in [0.5, 0.6) is 0 Å². The molecule has 1 unspecified atom stereocenters. The van der Waals surface area contributed by atoms with Crippen molar-refractivity contribution >= 4 is 17.2 Å². The lowest BCUT2D eigenvalue weighted by molar-refractivity contribution is 0.0932. The van der Waals surface area contributed by atoms with E-state index in [1.54, 1.807) is 23.5 Å². The average molecular weight is 425 g/mol. The van der Waals surface area contributed by atoms with Gasteiger partial charge in [0.05, 0.1) is 11.7 Å². The van der Waals surface area contributed by atoms with Gasteiger partial charge in [0.1, 0.15) is 5.82 Å². The predicted molar refractivity (Wildman–Crippen MR) is 116 cm³/mol. The van der Waals surface area contributed by atoms with Gasteiger partial charge in [-0.2, -0.15) is 5.10 Å². The number of rotatable bonds is 6. The molecule has 1 amide bonds. The first-order chi connectivity index (χ1) is 14.7. The molecule has 1 fully saturated rings. The van der Waals surface area contributed by atoms with E-state index in [0.717, 1.165) is 49.3 Å². The molecular weight excluding hydrogens is 399 g/mol. The lowest BCUT2D eigenvalue weighted by atomic mass is 10.1.